The first-order valence-electron chi connectivity index (χ1n) is 7.48. The monoisotopic (exact) mass is 308 g/mol. The second kappa shape index (κ2) is 8.15. The van der Waals surface area contributed by atoms with Crippen molar-refractivity contribution in [3.05, 3.63) is 29.8 Å². The number of amides is 2. The maximum Gasteiger partial charge on any atom is 0.327 e. The van der Waals surface area contributed by atoms with Gasteiger partial charge in [-0.15, -0.1) is 0 Å². The van der Waals surface area contributed by atoms with Gasteiger partial charge in [0.2, 0.25) is 0 Å². The van der Waals surface area contributed by atoms with Gasteiger partial charge in [-0.25, -0.2) is 4.79 Å². The lowest BCUT2D eigenvalue weighted by molar-refractivity contribution is 0.0150. The highest BCUT2D eigenvalue weighted by atomic mass is 16.5. The first-order chi connectivity index (χ1) is 10.4. The van der Waals surface area contributed by atoms with Crippen molar-refractivity contribution in [2.45, 2.75) is 32.6 Å². The number of anilines is 1. The lowest BCUT2D eigenvalue weighted by atomic mass is 9.82. The number of carbonyl (C=O) groups is 1. The van der Waals surface area contributed by atoms with Crippen LogP contribution < -0.4 is 4.90 Å². The number of hydrogen-bond acceptors (Lipinski definition) is 3. The molecular formula is C17H28N2O3. The Morgan fingerprint density at radius 3 is 2.00 bits per heavy atom. The van der Waals surface area contributed by atoms with Crippen LogP contribution in [-0.4, -0.2) is 45.7 Å². The summed E-state index contributed by atoms with van der Waals surface area (Å²) in [6.07, 6.45) is 1.07. The third kappa shape index (κ3) is 4.45. The number of methoxy groups -OCH3 is 2. The van der Waals surface area contributed by atoms with Crippen molar-refractivity contribution in [2.24, 2.45) is 0 Å². The van der Waals surface area contributed by atoms with Crippen molar-refractivity contribution in [1.29, 1.82) is 0 Å². The van der Waals surface area contributed by atoms with E-state index in [4.69, 9.17) is 9.47 Å². The molecule has 0 spiro atoms. The number of hydrogen-bond donors (Lipinski definition) is 0. The number of rotatable bonds is 7. The minimum atomic E-state index is -0.161. The Bertz CT molecular complexity index is 465. The molecule has 22 heavy (non-hydrogen) atoms. The zero-order chi connectivity index (χ0) is 16.8. The summed E-state index contributed by atoms with van der Waals surface area (Å²) >= 11 is 0. The highest BCUT2D eigenvalue weighted by molar-refractivity contribution is 5.91. The summed E-state index contributed by atoms with van der Waals surface area (Å²) in [7, 11) is 4.86. The number of benzene rings is 1. The number of carbonyl (C=O) groups excluding carboxylic acids is 1. The maximum absolute atomic E-state index is 12.5. The van der Waals surface area contributed by atoms with Gasteiger partial charge in [-0.2, -0.15) is 0 Å². The van der Waals surface area contributed by atoms with E-state index in [0.717, 1.165) is 12.1 Å². The minimum absolute atomic E-state index is 0.138. The van der Waals surface area contributed by atoms with Gasteiger partial charge >= 0.3 is 6.03 Å². The topological polar surface area (TPSA) is 42.0 Å². The average molecular weight is 308 g/mol. The highest BCUT2D eigenvalue weighted by Crippen LogP contribution is 2.28. The highest BCUT2D eigenvalue weighted by Gasteiger charge is 2.21. The normalized spacial score (nSPS) is 11.4. The van der Waals surface area contributed by atoms with Crippen LogP contribution in [0, 0.1) is 0 Å². The Hall–Kier alpha value is -1.59. The van der Waals surface area contributed by atoms with Crippen LogP contribution in [0.4, 0.5) is 10.5 Å². The summed E-state index contributed by atoms with van der Waals surface area (Å²) in [6.45, 7) is 7.00. The molecule has 0 atom stereocenters. The van der Waals surface area contributed by atoms with Crippen molar-refractivity contribution in [2.75, 3.05) is 39.6 Å². The molecule has 0 bridgehead atoms. The third-order valence-electron chi connectivity index (χ3n) is 4.05. The van der Waals surface area contributed by atoms with E-state index in [1.54, 1.807) is 26.2 Å². The molecule has 5 heteroatoms. The summed E-state index contributed by atoms with van der Waals surface area (Å²) in [5.74, 6) is 0. The minimum Gasteiger partial charge on any atom is -0.364 e. The van der Waals surface area contributed by atoms with Crippen LogP contribution in [0.3, 0.4) is 0 Å². The molecule has 0 radical (unpaired) electrons. The summed E-state index contributed by atoms with van der Waals surface area (Å²) in [4.78, 5) is 15.5. The fourth-order valence-corrected chi connectivity index (χ4v) is 2.12. The Morgan fingerprint density at radius 2 is 1.59 bits per heavy atom. The van der Waals surface area contributed by atoms with Crippen LogP contribution in [0.1, 0.15) is 32.8 Å². The van der Waals surface area contributed by atoms with Gasteiger partial charge in [0.15, 0.2) is 0 Å². The molecule has 0 saturated carbocycles. The standard InChI is InChI=1S/C17H28N2O3/c1-7-17(2,3)14-8-10-15(11-9-14)18(4)16(20)19(12-21-5)13-22-6/h8-11H,7,12-13H2,1-6H3. The van der Waals surface area contributed by atoms with E-state index in [0.29, 0.717) is 0 Å². The molecule has 0 saturated heterocycles. The summed E-state index contributed by atoms with van der Waals surface area (Å²) in [6, 6.07) is 7.95. The van der Waals surface area contributed by atoms with Crippen molar-refractivity contribution < 1.29 is 14.3 Å². The molecule has 0 aliphatic heterocycles. The average Bonchev–Trinajstić information content (AvgIpc) is 2.53. The predicted octanol–water partition coefficient (Wildman–Crippen LogP) is 3.44. The Morgan fingerprint density at radius 1 is 1.09 bits per heavy atom. The van der Waals surface area contributed by atoms with E-state index in [9.17, 15) is 4.79 Å². The van der Waals surface area contributed by atoms with Crippen LogP contribution in [0.5, 0.6) is 0 Å². The molecular weight excluding hydrogens is 280 g/mol. The molecule has 0 aliphatic carbocycles. The Labute approximate surface area is 133 Å². The van der Waals surface area contributed by atoms with E-state index >= 15 is 0 Å². The van der Waals surface area contributed by atoms with Crippen molar-refractivity contribution >= 4 is 11.7 Å². The van der Waals surface area contributed by atoms with Crippen LogP contribution >= 0.6 is 0 Å². The van der Waals surface area contributed by atoms with Gasteiger partial charge in [0.05, 0.1) is 0 Å². The smallest absolute Gasteiger partial charge is 0.327 e. The number of ether oxygens (including phenoxy) is 2. The molecule has 124 valence electrons. The van der Waals surface area contributed by atoms with Crippen LogP contribution in [-0.2, 0) is 14.9 Å². The molecule has 1 aromatic rings. The Balaban J connectivity index is 2.88. The molecule has 0 unspecified atom stereocenters. The van der Waals surface area contributed by atoms with E-state index in [1.807, 2.05) is 12.1 Å². The van der Waals surface area contributed by atoms with Crippen molar-refractivity contribution in [1.82, 2.24) is 4.90 Å². The maximum atomic E-state index is 12.5. The quantitative estimate of drug-likeness (QED) is 0.725. The molecule has 5 nitrogen and oxygen atoms in total. The molecule has 0 N–H and O–H groups in total. The van der Waals surface area contributed by atoms with Gasteiger partial charge in [0, 0.05) is 27.0 Å². The van der Waals surface area contributed by atoms with Gasteiger partial charge in [-0.1, -0.05) is 32.9 Å². The third-order valence-corrected chi connectivity index (χ3v) is 4.05. The first kappa shape index (κ1) is 18.5. The second-order valence-electron chi connectivity index (χ2n) is 6.00. The lowest BCUT2D eigenvalue weighted by Crippen LogP contribution is -2.43. The summed E-state index contributed by atoms with van der Waals surface area (Å²) in [5, 5.41) is 0. The number of urea groups is 1. The molecule has 0 fully saturated rings. The molecule has 0 heterocycles. The van der Waals surface area contributed by atoms with Gasteiger partial charge in [0.1, 0.15) is 13.5 Å². The van der Waals surface area contributed by atoms with E-state index < -0.39 is 0 Å². The van der Waals surface area contributed by atoms with Crippen LogP contribution in [0.2, 0.25) is 0 Å². The van der Waals surface area contributed by atoms with Gasteiger partial charge in [0.25, 0.3) is 0 Å². The van der Waals surface area contributed by atoms with Crippen molar-refractivity contribution in [3.63, 3.8) is 0 Å². The SMILES string of the molecule is CCC(C)(C)c1ccc(N(C)C(=O)N(COC)COC)cc1. The fourth-order valence-electron chi connectivity index (χ4n) is 2.12. The van der Waals surface area contributed by atoms with Crippen LogP contribution in [0.25, 0.3) is 0 Å². The van der Waals surface area contributed by atoms with E-state index in [1.165, 1.54) is 10.5 Å². The van der Waals surface area contributed by atoms with Gasteiger partial charge < -0.3 is 9.47 Å². The predicted molar refractivity (Wildman–Crippen MR) is 89.1 cm³/mol. The molecule has 1 rings (SSSR count). The molecule has 0 aliphatic rings. The molecule has 2 amide bonds. The molecule has 0 aromatic heterocycles. The number of nitrogens with zero attached hydrogens (tertiary/aromatic N) is 2. The summed E-state index contributed by atoms with van der Waals surface area (Å²) in [5.41, 5.74) is 2.25. The zero-order valence-corrected chi connectivity index (χ0v) is 14.5. The largest absolute Gasteiger partial charge is 0.364 e. The Kier molecular flexibility index (Phi) is 6.84. The van der Waals surface area contributed by atoms with Gasteiger partial charge in [-0.3, -0.25) is 9.80 Å². The summed E-state index contributed by atoms with van der Waals surface area (Å²) < 4.78 is 10.1. The van der Waals surface area contributed by atoms with Crippen LogP contribution in [0.15, 0.2) is 24.3 Å². The second-order valence-corrected chi connectivity index (χ2v) is 6.00. The lowest BCUT2D eigenvalue weighted by Gasteiger charge is -2.28. The first-order valence-corrected chi connectivity index (χ1v) is 7.48. The van der Waals surface area contributed by atoms with E-state index in [2.05, 4.69) is 32.9 Å². The molecule has 1 aromatic carbocycles. The zero-order valence-electron chi connectivity index (χ0n) is 14.5. The fraction of sp³-hybridized carbons (Fsp3) is 0.588. The van der Waals surface area contributed by atoms with E-state index in [-0.39, 0.29) is 24.9 Å². The van der Waals surface area contributed by atoms with Gasteiger partial charge in [-0.05, 0) is 29.5 Å². The van der Waals surface area contributed by atoms with Crippen molar-refractivity contribution in [3.8, 4) is 0 Å².